The average Bonchev–Trinajstić information content (AvgIpc) is 2.69. The molecule has 0 saturated carbocycles. The number of unbranched alkanes of at least 4 members (excludes halogenated alkanes) is 12. The zero-order valence-electron chi connectivity index (χ0n) is 18.8. The van der Waals surface area contributed by atoms with Crippen molar-refractivity contribution in [2.45, 2.75) is 123 Å². The molecular weight excluding hydrogens is 368 g/mol. The maximum atomic E-state index is 11.8. The molecule has 170 valence electrons. The van der Waals surface area contributed by atoms with Crippen LogP contribution in [-0.4, -0.2) is 30.4 Å². The van der Waals surface area contributed by atoms with E-state index < -0.39 is 12.0 Å². The fraction of sp³-hybridized carbons (Fsp3) is 0.870. The standard InChI is InChI=1S/C23H44N2O4/c1-3-5-6-7-8-9-10-11-12-13-14-15-16-17-21(26)25-22(27)19-18-20(24)23(28)29-4-2/h20H,3-19,24H2,1-2H3,(H,25,26,27). The van der Waals surface area contributed by atoms with Crippen LogP contribution in [-0.2, 0) is 19.1 Å². The van der Waals surface area contributed by atoms with Crippen LogP contribution in [0.2, 0.25) is 0 Å². The average molecular weight is 413 g/mol. The molecule has 29 heavy (non-hydrogen) atoms. The first-order valence-corrected chi connectivity index (χ1v) is 11.8. The monoisotopic (exact) mass is 412 g/mol. The summed E-state index contributed by atoms with van der Waals surface area (Å²) in [6.07, 6.45) is 16.9. The first kappa shape index (κ1) is 27.6. The van der Waals surface area contributed by atoms with E-state index in [4.69, 9.17) is 10.5 Å². The molecule has 0 fully saturated rings. The summed E-state index contributed by atoms with van der Waals surface area (Å²) in [7, 11) is 0. The van der Waals surface area contributed by atoms with Crippen molar-refractivity contribution in [2.75, 3.05) is 6.61 Å². The summed E-state index contributed by atoms with van der Waals surface area (Å²) in [4.78, 5) is 34.9. The van der Waals surface area contributed by atoms with Crippen molar-refractivity contribution >= 4 is 17.8 Å². The van der Waals surface area contributed by atoms with Crippen LogP contribution in [0.15, 0.2) is 0 Å². The smallest absolute Gasteiger partial charge is 0.322 e. The molecule has 0 spiro atoms. The minimum Gasteiger partial charge on any atom is -0.465 e. The van der Waals surface area contributed by atoms with Gasteiger partial charge in [-0.05, 0) is 19.8 Å². The molecule has 2 amide bonds. The van der Waals surface area contributed by atoms with E-state index >= 15 is 0 Å². The highest BCUT2D eigenvalue weighted by atomic mass is 16.5. The van der Waals surface area contributed by atoms with Gasteiger partial charge >= 0.3 is 5.97 Å². The van der Waals surface area contributed by atoms with Gasteiger partial charge in [0.2, 0.25) is 11.8 Å². The molecule has 1 unspecified atom stereocenters. The van der Waals surface area contributed by atoms with Gasteiger partial charge < -0.3 is 10.5 Å². The summed E-state index contributed by atoms with van der Waals surface area (Å²) in [5.74, 6) is -1.15. The Bertz CT molecular complexity index is 441. The Morgan fingerprint density at radius 2 is 1.17 bits per heavy atom. The number of rotatable bonds is 19. The van der Waals surface area contributed by atoms with Crippen LogP contribution in [0.3, 0.4) is 0 Å². The molecule has 0 aliphatic carbocycles. The number of amides is 2. The number of nitrogens with two attached hydrogens (primary N) is 1. The molecule has 0 heterocycles. The number of ether oxygens (including phenoxy) is 1. The second-order valence-electron chi connectivity index (χ2n) is 7.86. The van der Waals surface area contributed by atoms with Crippen molar-refractivity contribution in [1.29, 1.82) is 0 Å². The lowest BCUT2D eigenvalue weighted by Crippen LogP contribution is -2.35. The number of carbonyl (C=O) groups is 3. The Kier molecular flexibility index (Phi) is 18.9. The van der Waals surface area contributed by atoms with E-state index in [9.17, 15) is 14.4 Å². The van der Waals surface area contributed by atoms with E-state index in [-0.39, 0.29) is 31.3 Å². The van der Waals surface area contributed by atoms with E-state index in [1.807, 2.05) is 0 Å². The van der Waals surface area contributed by atoms with E-state index in [1.54, 1.807) is 6.92 Å². The van der Waals surface area contributed by atoms with Gasteiger partial charge in [-0.25, -0.2) is 0 Å². The minimum absolute atomic E-state index is 0.0460. The molecule has 0 bridgehead atoms. The molecule has 0 aromatic carbocycles. The van der Waals surface area contributed by atoms with E-state index in [1.165, 1.54) is 64.2 Å². The highest BCUT2D eigenvalue weighted by Gasteiger charge is 2.16. The topological polar surface area (TPSA) is 98.5 Å². The van der Waals surface area contributed by atoms with E-state index in [0.717, 1.165) is 19.3 Å². The third-order valence-corrected chi connectivity index (χ3v) is 5.06. The summed E-state index contributed by atoms with van der Waals surface area (Å²) < 4.78 is 4.78. The molecule has 0 aliphatic heterocycles. The third-order valence-electron chi connectivity index (χ3n) is 5.06. The van der Waals surface area contributed by atoms with Crippen molar-refractivity contribution < 1.29 is 19.1 Å². The Morgan fingerprint density at radius 3 is 1.66 bits per heavy atom. The van der Waals surface area contributed by atoms with Gasteiger partial charge in [-0.15, -0.1) is 0 Å². The maximum absolute atomic E-state index is 11.8. The van der Waals surface area contributed by atoms with Gasteiger partial charge in [-0.1, -0.05) is 84.0 Å². The molecule has 0 saturated heterocycles. The third kappa shape index (κ3) is 18.3. The van der Waals surface area contributed by atoms with Crippen LogP contribution in [0.5, 0.6) is 0 Å². The lowest BCUT2D eigenvalue weighted by atomic mass is 10.0. The fourth-order valence-corrected chi connectivity index (χ4v) is 3.24. The van der Waals surface area contributed by atoms with Gasteiger partial charge in [0.1, 0.15) is 6.04 Å². The van der Waals surface area contributed by atoms with Crippen molar-refractivity contribution in [1.82, 2.24) is 5.32 Å². The predicted molar refractivity (Wildman–Crippen MR) is 117 cm³/mol. The van der Waals surface area contributed by atoms with Crippen LogP contribution in [0, 0.1) is 0 Å². The van der Waals surface area contributed by atoms with E-state index in [0.29, 0.717) is 6.42 Å². The largest absolute Gasteiger partial charge is 0.465 e. The molecule has 0 aromatic rings. The van der Waals surface area contributed by atoms with Crippen LogP contribution in [0.1, 0.15) is 117 Å². The predicted octanol–water partition coefficient (Wildman–Crippen LogP) is 4.78. The van der Waals surface area contributed by atoms with Gasteiger partial charge in [0.05, 0.1) is 6.61 Å². The number of carbonyl (C=O) groups excluding carboxylic acids is 3. The lowest BCUT2D eigenvalue weighted by molar-refractivity contribution is -0.144. The second kappa shape index (κ2) is 19.9. The number of imide groups is 1. The van der Waals surface area contributed by atoms with Gasteiger partial charge in [0.25, 0.3) is 0 Å². The number of hydrogen-bond donors (Lipinski definition) is 2. The summed E-state index contributed by atoms with van der Waals surface area (Å²) in [6.45, 7) is 4.21. The van der Waals surface area contributed by atoms with Gasteiger partial charge in [0, 0.05) is 12.8 Å². The Hall–Kier alpha value is -1.43. The number of esters is 1. The summed E-state index contributed by atoms with van der Waals surface area (Å²) in [5.41, 5.74) is 5.63. The zero-order valence-corrected chi connectivity index (χ0v) is 18.8. The molecule has 6 heteroatoms. The Balaban J connectivity index is 3.47. The zero-order chi connectivity index (χ0) is 21.7. The minimum atomic E-state index is -0.822. The summed E-state index contributed by atoms with van der Waals surface area (Å²) in [6, 6.07) is -0.822. The normalized spacial score (nSPS) is 11.8. The first-order chi connectivity index (χ1) is 14.0. The highest BCUT2D eigenvalue weighted by Crippen LogP contribution is 2.13. The molecule has 3 N–H and O–H groups in total. The molecular formula is C23H44N2O4. The molecule has 0 radical (unpaired) electrons. The first-order valence-electron chi connectivity index (χ1n) is 11.8. The molecule has 0 aliphatic rings. The SMILES string of the molecule is CCCCCCCCCCCCCCCC(=O)NC(=O)CCC(N)C(=O)OCC. The number of hydrogen-bond acceptors (Lipinski definition) is 5. The highest BCUT2D eigenvalue weighted by molar-refractivity contribution is 5.95. The Labute approximate surface area is 177 Å². The number of nitrogens with one attached hydrogen (secondary N) is 1. The van der Waals surface area contributed by atoms with Crippen LogP contribution in [0.4, 0.5) is 0 Å². The Morgan fingerprint density at radius 1 is 0.724 bits per heavy atom. The van der Waals surface area contributed by atoms with Crippen LogP contribution in [0.25, 0.3) is 0 Å². The van der Waals surface area contributed by atoms with Crippen molar-refractivity contribution in [2.24, 2.45) is 5.73 Å². The van der Waals surface area contributed by atoms with Gasteiger partial charge in [-0.3, -0.25) is 19.7 Å². The van der Waals surface area contributed by atoms with Gasteiger partial charge in [-0.2, -0.15) is 0 Å². The molecule has 6 nitrogen and oxygen atoms in total. The molecule has 0 rings (SSSR count). The van der Waals surface area contributed by atoms with Crippen molar-refractivity contribution in [3.8, 4) is 0 Å². The summed E-state index contributed by atoms with van der Waals surface area (Å²) in [5, 5.41) is 2.36. The van der Waals surface area contributed by atoms with Crippen LogP contribution < -0.4 is 11.1 Å². The fourth-order valence-electron chi connectivity index (χ4n) is 3.24. The second-order valence-corrected chi connectivity index (χ2v) is 7.86. The van der Waals surface area contributed by atoms with Crippen molar-refractivity contribution in [3.05, 3.63) is 0 Å². The van der Waals surface area contributed by atoms with Gasteiger partial charge in [0.15, 0.2) is 0 Å². The lowest BCUT2D eigenvalue weighted by Gasteiger charge is -2.10. The molecule has 0 aromatic heterocycles. The maximum Gasteiger partial charge on any atom is 0.322 e. The molecule has 1 atom stereocenters. The van der Waals surface area contributed by atoms with Crippen LogP contribution >= 0.6 is 0 Å². The van der Waals surface area contributed by atoms with Crippen molar-refractivity contribution in [3.63, 3.8) is 0 Å². The summed E-state index contributed by atoms with van der Waals surface area (Å²) >= 11 is 0. The van der Waals surface area contributed by atoms with E-state index in [2.05, 4.69) is 12.2 Å². The quantitative estimate of drug-likeness (QED) is 0.235.